The highest BCUT2D eigenvalue weighted by molar-refractivity contribution is 4.54. The van der Waals surface area contributed by atoms with E-state index in [2.05, 4.69) is 11.8 Å². The number of aliphatic hydroxyl groups excluding tert-OH is 1. The summed E-state index contributed by atoms with van der Waals surface area (Å²) in [6.07, 6.45) is 1.80. The van der Waals surface area contributed by atoms with Crippen molar-refractivity contribution in [2.75, 3.05) is 53.2 Å². The van der Waals surface area contributed by atoms with Gasteiger partial charge in [0.15, 0.2) is 0 Å². The summed E-state index contributed by atoms with van der Waals surface area (Å²) in [4.78, 5) is 2.28. The lowest BCUT2D eigenvalue weighted by atomic mass is 10.4. The number of hydrogen-bond acceptors (Lipinski definition) is 4. The number of rotatable bonds is 11. The summed E-state index contributed by atoms with van der Waals surface area (Å²) in [6.45, 7) is 7.61. The van der Waals surface area contributed by atoms with Gasteiger partial charge in [-0.2, -0.15) is 0 Å². The van der Waals surface area contributed by atoms with Gasteiger partial charge in [0.05, 0.1) is 6.61 Å². The van der Waals surface area contributed by atoms with Gasteiger partial charge in [0.2, 0.25) is 0 Å². The van der Waals surface area contributed by atoms with Gasteiger partial charge in [-0.05, 0) is 19.4 Å². The third-order valence-electron chi connectivity index (χ3n) is 2.27. The van der Waals surface area contributed by atoms with E-state index in [1.54, 1.807) is 7.11 Å². The van der Waals surface area contributed by atoms with Crippen LogP contribution < -0.4 is 0 Å². The van der Waals surface area contributed by atoms with Gasteiger partial charge in [-0.25, -0.2) is 0 Å². The SMILES string of the molecule is CCN(CCCO)CCOCCCOC. The molecule has 15 heavy (non-hydrogen) atoms. The van der Waals surface area contributed by atoms with Crippen LogP contribution in [0.25, 0.3) is 0 Å². The second-order valence-corrected chi connectivity index (χ2v) is 3.47. The van der Waals surface area contributed by atoms with Crippen molar-refractivity contribution in [1.82, 2.24) is 4.90 Å². The summed E-state index contributed by atoms with van der Waals surface area (Å²) in [5.41, 5.74) is 0. The molecule has 0 unspecified atom stereocenters. The molecule has 1 N–H and O–H groups in total. The van der Waals surface area contributed by atoms with Crippen molar-refractivity contribution >= 4 is 0 Å². The molecule has 0 heterocycles. The van der Waals surface area contributed by atoms with Crippen LogP contribution in [0.3, 0.4) is 0 Å². The number of methoxy groups -OCH3 is 1. The molecule has 0 amide bonds. The normalized spacial score (nSPS) is 11.2. The molecule has 0 spiro atoms. The fraction of sp³-hybridized carbons (Fsp3) is 1.00. The highest BCUT2D eigenvalue weighted by atomic mass is 16.5. The maximum atomic E-state index is 8.71. The molecule has 0 aromatic carbocycles. The Kier molecular flexibility index (Phi) is 11.8. The van der Waals surface area contributed by atoms with Gasteiger partial charge < -0.3 is 19.5 Å². The predicted octanol–water partition coefficient (Wildman–Crippen LogP) is 0.744. The van der Waals surface area contributed by atoms with E-state index < -0.39 is 0 Å². The van der Waals surface area contributed by atoms with Crippen molar-refractivity contribution in [3.05, 3.63) is 0 Å². The third kappa shape index (κ3) is 10.1. The van der Waals surface area contributed by atoms with Crippen LogP contribution in [0.15, 0.2) is 0 Å². The molecule has 0 aliphatic carbocycles. The van der Waals surface area contributed by atoms with Gasteiger partial charge in [0, 0.05) is 40.0 Å². The predicted molar refractivity (Wildman–Crippen MR) is 61.1 cm³/mol. The molecule has 0 aromatic heterocycles. The summed E-state index contributed by atoms with van der Waals surface area (Å²) in [5.74, 6) is 0. The summed E-state index contributed by atoms with van der Waals surface area (Å²) in [6, 6.07) is 0. The Morgan fingerprint density at radius 1 is 1.07 bits per heavy atom. The number of likely N-dealkylation sites (N-methyl/N-ethyl adjacent to an activating group) is 1. The van der Waals surface area contributed by atoms with Crippen LogP contribution in [0, 0.1) is 0 Å². The first kappa shape index (κ1) is 14.8. The molecule has 0 saturated carbocycles. The number of ether oxygens (including phenoxy) is 2. The summed E-state index contributed by atoms with van der Waals surface area (Å²) < 4.78 is 10.4. The molecule has 0 bridgehead atoms. The minimum atomic E-state index is 0.269. The second-order valence-electron chi connectivity index (χ2n) is 3.47. The van der Waals surface area contributed by atoms with E-state index in [1.807, 2.05) is 0 Å². The first-order valence-electron chi connectivity index (χ1n) is 5.75. The molecule has 0 saturated heterocycles. The standard InChI is InChI=1S/C11H25NO3/c1-3-12(6-4-8-13)7-11-15-10-5-9-14-2/h13H,3-11H2,1-2H3. The van der Waals surface area contributed by atoms with E-state index >= 15 is 0 Å². The highest BCUT2D eigenvalue weighted by Gasteiger charge is 2.00. The Morgan fingerprint density at radius 3 is 2.47 bits per heavy atom. The first-order chi connectivity index (χ1) is 7.35. The topological polar surface area (TPSA) is 41.9 Å². The van der Waals surface area contributed by atoms with Gasteiger partial charge >= 0.3 is 0 Å². The van der Waals surface area contributed by atoms with Crippen molar-refractivity contribution in [3.63, 3.8) is 0 Å². The fourth-order valence-corrected chi connectivity index (χ4v) is 1.32. The monoisotopic (exact) mass is 219 g/mol. The van der Waals surface area contributed by atoms with Gasteiger partial charge in [-0.15, -0.1) is 0 Å². The first-order valence-corrected chi connectivity index (χ1v) is 5.75. The van der Waals surface area contributed by atoms with Gasteiger partial charge in [-0.3, -0.25) is 0 Å². The van der Waals surface area contributed by atoms with Crippen molar-refractivity contribution < 1.29 is 14.6 Å². The lowest BCUT2D eigenvalue weighted by Gasteiger charge is -2.19. The molecule has 0 aliphatic rings. The van der Waals surface area contributed by atoms with Crippen molar-refractivity contribution in [1.29, 1.82) is 0 Å². The molecule has 0 rings (SSSR count). The van der Waals surface area contributed by atoms with E-state index in [0.29, 0.717) is 0 Å². The second kappa shape index (κ2) is 11.9. The highest BCUT2D eigenvalue weighted by Crippen LogP contribution is 1.92. The van der Waals surface area contributed by atoms with Crippen LogP contribution in [0.4, 0.5) is 0 Å². The number of aliphatic hydroxyl groups is 1. The third-order valence-corrected chi connectivity index (χ3v) is 2.27. The smallest absolute Gasteiger partial charge is 0.0593 e. The molecular formula is C11H25NO3. The van der Waals surface area contributed by atoms with Gasteiger partial charge in [0.25, 0.3) is 0 Å². The Bertz CT molecular complexity index is 122. The van der Waals surface area contributed by atoms with Crippen LogP contribution in [0.1, 0.15) is 19.8 Å². The average molecular weight is 219 g/mol. The largest absolute Gasteiger partial charge is 0.396 e. The fourth-order valence-electron chi connectivity index (χ4n) is 1.32. The zero-order valence-electron chi connectivity index (χ0n) is 10.1. The van der Waals surface area contributed by atoms with Crippen LogP contribution in [-0.4, -0.2) is 63.2 Å². The van der Waals surface area contributed by atoms with Gasteiger partial charge in [-0.1, -0.05) is 6.92 Å². The molecule has 92 valence electrons. The van der Waals surface area contributed by atoms with E-state index in [4.69, 9.17) is 14.6 Å². The van der Waals surface area contributed by atoms with Crippen LogP contribution in [-0.2, 0) is 9.47 Å². The summed E-state index contributed by atoms with van der Waals surface area (Å²) >= 11 is 0. The number of hydrogen-bond donors (Lipinski definition) is 1. The minimum absolute atomic E-state index is 0.269. The Hall–Kier alpha value is -0.160. The quantitative estimate of drug-likeness (QED) is 0.521. The van der Waals surface area contributed by atoms with E-state index in [-0.39, 0.29) is 6.61 Å². The molecule has 0 atom stereocenters. The number of nitrogens with zero attached hydrogens (tertiary/aromatic N) is 1. The molecule has 0 radical (unpaired) electrons. The van der Waals surface area contributed by atoms with Crippen molar-refractivity contribution in [3.8, 4) is 0 Å². The molecule has 4 heteroatoms. The van der Waals surface area contributed by atoms with Crippen LogP contribution in [0.5, 0.6) is 0 Å². The molecule has 0 aromatic rings. The Morgan fingerprint density at radius 2 is 1.87 bits per heavy atom. The Labute approximate surface area is 93.2 Å². The minimum Gasteiger partial charge on any atom is -0.396 e. The molecule has 4 nitrogen and oxygen atoms in total. The summed E-state index contributed by atoms with van der Waals surface area (Å²) in [5, 5.41) is 8.71. The summed E-state index contributed by atoms with van der Waals surface area (Å²) in [7, 11) is 1.70. The van der Waals surface area contributed by atoms with E-state index in [1.165, 1.54) is 0 Å². The van der Waals surface area contributed by atoms with E-state index in [9.17, 15) is 0 Å². The van der Waals surface area contributed by atoms with Crippen LogP contribution in [0.2, 0.25) is 0 Å². The van der Waals surface area contributed by atoms with Crippen LogP contribution >= 0.6 is 0 Å². The zero-order chi connectivity index (χ0) is 11.4. The average Bonchev–Trinajstić information content (AvgIpc) is 2.27. The Balaban J connectivity index is 3.22. The van der Waals surface area contributed by atoms with Gasteiger partial charge in [0.1, 0.15) is 0 Å². The molecule has 0 fully saturated rings. The zero-order valence-corrected chi connectivity index (χ0v) is 10.1. The lowest BCUT2D eigenvalue weighted by Crippen LogP contribution is -2.29. The maximum Gasteiger partial charge on any atom is 0.0593 e. The molecular weight excluding hydrogens is 194 g/mol. The van der Waals surface area contributed by atoms with Crippen molar-refractivity contribution in [2.24, 2.45) is 0 Å². The molecule has 0 aliphatic heterocycles. The van der Waals surface area contributed by atoms with Crippen molar-refractivity contribution in [2.45, 2.75) is 19.8 Å². The maximum absolute atomic E-state index is 8.71. The van der Waals surface area contributed by atoms with E-state index in [0.717, 1.165) is 52.3 Å². The lowest BCUT2D eigenvalue weighted by molar-refractivity contribution is 0.0832.